The highest BCUT2D eigenvalue weighted by molar-refractivity contribution is 14.1. The Morgan fingerprint density at radius 3 is 1.86 bits per heavy atom. The maximum atomic E-state index is 2.45. The van der Waals surface area contributed by atoms with Crippen LogP contribution in [0.5, 0.6) is 0 Å². The van der Waals surface area contributed by atoms with Crippen LogP contribution in [0, 0.1) is 0 Å². The topological polar surface area (TPSA) is 6.48 Å². The lowest BCUT2D eigenvalue weighted by Gasteiger charge is -2.36. The first kappa shape index (κ1) is 17.6. The largest absolute Gasteiger partial charge is 0.338 e. The van der Waals surface area contributed by atoms with Crippen LogP contribution in [0.3, 0.4) is 0 Å². The molecule has 0 aliphatic carbocycles. The van der Waals surface area contributed by atoms with Gasteiger partial charge in [-0.2, -0.15) is 0 Å². The molecule has 1 heterocycles. The third-order valence-electron chi connectivity index (χ3n) is 3.86. The molecule has 2 aromatic carbocycles. The van der Waals surface area contributed by atoms with Crippen LogP contribution >= 0.6 is 34.4 Å². The predicted octanol–water partition coefficient (Wildman–Crippen LogP) is 5.29. The standard InChI is InChI=1S/C17H20N2S.CH3I/c1-13(18(2)3)12-19-14-8-4-6-10-16(14)20-17-11-7-5-9-15(17)19;1-2/h4-11,13H,12H2,1-3H3;1H3. The number of hydrogen-bond acceptors (Lipinski definition) is 3. The summed E-state index contributed by atoms with van der Waals surface area (Å²) in [7, 11) is 4.28. The fourth-order valence-electron chi connectivity index (χ4n) is 2.41. The predicted molar refractivity (Wildman–Crippen MR) is 107 cm³/mol. The van der Waals surface area contributed by atoms with Crippen molar-refractivity contribution in [2.24, 2.45) is 0 Å². The number of alkyl halides is 1. The number of benzene rings is 2. The number of nitrogens with zero attached hydrogens (tertiary/aromatic N) is 2. The summed E-state index contributed by atoms with van der Waals surface area (Å²) in [5.74, 6) is 0. The molecule has 0 N–H and O–H groups in total. The van der Waals surface area contributed by atoms with Gasteiger partial charge in [0.1, 0.15) is 0 Å². The van der Waals surface area contributed by atoms with E-state index in [1.807, 2.05) is 16.7 Å². The number of halogens is 1. The maximum Gasteiger partial charge on any atom is 0.0553 e. The van der Waals surface area contributed by atoms with Crippen LogP contribution in [0.4, 0.5) is 11.4 Å². The molecule has 0 radical (unpaired) electrons. The molecule has 0 saturated heterocycles. The van der Waals surface area contributed by atoms with E-state index in [4.69, 9.17) is 0 Å². The van der Waals surface area contributed by atoms with Crippen LogP contribution in [-0.4, -0.2) is 36.5 Å². The van der Waals surface area contributed by atoms with Crippen molar-refractivity contribution < 1.29 is 0 Å². The second kappa shape index (κ2) is 8.22. The van der Waals surface area contributed by atoms with E-state index in [1.165, 1.54) is 21.2 Å². The van der Waals surface area contributed by atoms with Crippen molar-refractivity contribution in [1.82, 2.24) is 4.90 Å². The first-order valence-electron chi connectivity index (χ1n) is 7.34. The van der Waals surface area contributed by atoms with Crippen LogP contribution in [0.15, 0.2) is 58.3 Å². The molecule has 4 heteroatoms. The minimum absolute atomic E-state index is 0.499. The molecule has 0 spiro atoms. The van der Waals surface area contributed by atoms with Gasteiger partial charge in [0, 0.05) is 22.4 Å². The first-order chi connectivity index (χ1) is 10.7. The highest BCUT2D eigenvalue weighted by Crippen LogP contribution is 2.47. The summed E-state index contributed by atoms with van der Waals surface area (Å²) in [5, 5.41) is 0. The van der Waals surface area contributed by atoms with Gasteiger partial charge in [-0.05, 0) is 50.2 Å². The maximum absolute atomic E-state index is 2.45. The lowest BCUT2D eigenvalue weighted by atomic mass is 10.2. The Labute approximate surface area is 152 Å². The molecule has 118 valence electrons. The highest BCUT2D eigenvalue weighted by Gasteiger charge is 2.24. The fraction of sp³-hybridized carbons (Fsp3) is 0.333. The number of likely N-dealkylation sites (N-methyl/N-ethyl adjacent to an activating group) is 1. The summed E-state index contributed by atoms with van der Waals surface area (Å²) in [6.45, 7) is 3.27. The van der Waals surface area contributed by atoms with E-state index in [2.05, 4.69) is 102 Å². The third kappa shape index (κ3) is 3.78. The summed E-state index contributed by atoms with van der Waals surface area (Å²) in [4.78, 5) is 9.38. The quantitative estimate of drug-likeness (QED) is 0.487. The second-order valence-electron chi connectivity index (χ2n) is 5.46. The number of fused-ring (bicyclic) bond motifs is 2. The van der Waals surface area contributed by atoms with Crippen molar-refractivity contribution in [3.63, 3.8) is 0 Å². The Kier molecular flexibility index (Phi) is 6.59. The molecule has 0 bridgehead atoms. The highest BCUT2D eigenvalue weighted by atomic mass is 127. The normalized spacial score (nSPS) is 13.8. The van der Waals surface area contributed by atoms with Gasteiger partial charge in [-0.25, -0.2) is 0 Å². The molecule has 22 heavy (non-hydrogen) atoms. The van der Waals surface area contributed by atoms with Gasteiger partial charge in [0.05, 0.1) is 11.4 Å². The van der Waals surface area contributed by atoms with Gasteiger partial charge < -0.3 is 9.80 Å². The second-order valence-corrected chi connectivity index (χ2v) is 6.54. The molecule has 0 fully saturated rings. The number of rotatable bonds is 3. The van der Waals surface area contributed by atoms with E-state index >= 15 is 0 Å². The van der Waals surface area contributed by atoms with Gasteiger partial charge in [0.15, 0.2) is 0 Å². The summed E-state index contributed by atoms with van der Waals surface area (Å²) in [6, 6.07) is 17.9. The molecule has 2 aromatic rings. The molecule has 1 unspecified atom stereocenters. The van der Waals surface area contributed by atoms with E-state index in [1.54, 1.807) is 0 Å². The van der Waals surface area contributed by atoms with Crippen LogP contribution < -0.4 is 4.90 Å². The van der Waals surface area contributed by atoms with Gasteiger partial charge in [0.25, 0.3) is 0 Å². The van der Waals surface area contributed by atoms with Crippen molar-refractivity contribution in [2.75, 3.05) is 30.5 Å². The summed E-state index contributed by atoms with van der Waals surface area (Å²) >= 11 is 4.02. The molecule has 0 aromatic heterocycles. The minimum Gasteiger partial charge on any atom is -0.338 e. The lowest BCUT2D eigenvalue weighted by molar-refractivity contribution is 0.319. The van der Waals surface area contributed by atoms with E-state index in [0.29, 0.717) is 6.04 Å². The zero-order valence-corrected chi connectivity index (χ0v) is 16.6. The summed E-state index contributed by atoms with van der Waals surface area (Å²) in [6.07, 6.45) is 0. The SMILES string of the molecule is CC(CN1c2ccccc2Sc2ccccc21)N(C)C.CI. The Bertz CT molecular complexity index is 570. The Hall–Kier alpha value is -0.720. The monoisotopic (exact) mass is 426 g/mol. The van der Waals surface area contributed by atoms with Gasteiger partial charge >= 0.3 is 0 Å². The van der Waals surface area contributed by atoms with Crippen molar-refractivity contribution in [2.45, 2.75) is 22.8 Å². The van der Waals surface area contributed by atoms with Gasteiger partial charge in [-0.1, -0.05) is 58.6 Å². The Morgan fingerprint density at radius 2 is 1.41 bits per heavy atom. The van der Waals surface area contributed by atoms with Gasteiger partial charge in [-0.15, -0.1) is 0 Å². The molecule has 2 nitrogen and oxygen atoms in total. The van der Waals surface area contributed by atoms with Crippen molar-refractivity contribution in [3.05, 3.63) is 48.5 Å². The lowest BCUT2D eigenvalue weighted by Crippen LogP contribution is -2.37. The smallest absolute Gasteiger partial charge is 0.0553 e. The number of para-hydroxylation sites is 2. The first-order valence-corrected chi connectivity index (χ1v) is 10.3. The molecule has 3 rings (SSSR count). The zero-order valence-electron chi connectivity index (χ0n) is 13.6. The fourth-order valence-corrected chi connectivity index (χ4v) is 3.50. The molecule has 0 saturated carbocycles. The zero-order chi connectivity index (χ0) is 16.1. The molecule has 1 aliphatic heterocycles. The average Bonchev–Trinajstić information content (AvgIpc) is 2.56. The van der Waals surface area contributed by atoms with E-state index in [-0.39, 0.29) is 0 Å². The number of anilines is 2. The molecular weight excluding hydrogens is 403 g/mol. The van der Waals surface area contributed by atoms with Crippen molar-refractivity contribution in [3.8, 4) is 0 Å². The number of hydrogen-bond donors (Lipinski definition) is 0. The minimum atomic E-state index is 0.499. The van der Waals surface area contributed by atoms with E-state index in [9.17, 15) is 0 Å². The van der Waals surface area contributed by atoms with E-state index < -0.39 is 0 Å². The van der Waals surface area contributed by atoms with Crippen LogP contribution in [0.2, 0.25) is 0 Å². The van der Waals surface area contributed by atoms with Gasteiger partial charge in [-0.3, -0.25) is 0 Å². The summed E-state index contributed by atoms with van der Waals surface area (Å²) < 4.78 is 0. The van der Waals surface area contributed by atoms with Crippen molar-refractivity contribution in [1.29, 1.82) is 0 Å². The molecule has 1 atom stereocenters. The average molecular weight is 426 g/mol. The summed E-state index contributed by atoms with van der Waals surface area (Å²) in [5.41, 5.74) is 2.65. The van der Waals surface area contributed by atoms with Crippen LogP contribution in [-0.2, 0) is 0 Å². The van der Waals surface area contributed by atoms with E-state index in [0.717, 1.165) is 6.54 Å². The molecule has 0 amide bonds. The van der Waals surface area contributed by atoms with Crippen molar-refractivity contribution >= 4 is 45.7 Å². The third-order valence-corrected chi connectivity index (χ3v) is 4.99. The Morgan fingerprint density at radius 1 is 0.955 bits per heavy atom. The van der Waals surface area contributed by atoms with Crippen LogP contribution in [0.1, 0.15) is 6.92 Å². The Balaban J connectivity index is 0.000000847. The van der Waals surface area contributed by atoms with Gasteiger partial charge in [0.2, 0.25) is 0 Å². The molecule has 1 aliphatic rings. The van der Waals surface area contributed by atoms with Crippen LogP contribution in [0.25, 0.3) is 0 Å². The molecular formula is C18H23IN2S.